The van der Waals surface area contributed by atoms with Crippen molar-refractivity contribution in [3.8, 4) is 5.75 Å². The lowest BCUT2D eigenvalue weighted by molar-refractivity contribution is 0.180. The number of hydrogen-bond donors (Lipinski definition) is 1. The third kappa shape index (κ3) is 2.67. The molecule has 3 rings (SSSR count). The van der Waals surface area contributed by atoms with E-state index in [-0.39, 0.29) is 12.0 Å². The first-order valence-electron chi connectivity index (χ1n) is 6.96. The fourth-order valence-electron chi connectivity index (χ4n) is 2.45. The van der Waals surface area contributed by atoms with Crippen LogP contribution in [0.25, 0.3) is 0 Å². The van der Waals surface area contributed by atoms with Gasteiger partial charge in [0.05, 0.1) is 18.6 Å². The summed E-state index contributed by atoms with van der Waals surface area (Å²) in [6, 6.07) is 7.97. The van der Waals surface area contributed by atoms with Crippen molar-refractivity contribution in [3.05, 3.63) is 41.5 Å². The molecule has 0 amide bonds. The Morgan fingerprint density at radius 3 is 3.10 bits per heavy atom. The topological polar surface area (TPSA) is 68.4 Å². The van der Waals surface area contributed by atoms with Crippen LogP contribution in [0.1, 0.15) is 43.0 Å². The maximum absolute atomic E-state index is 9.29. The normalized spacial score (nSPS) is 19.2. The SMILES string of the molecule is CC(O)CCc1nc(C2CCOc3ccccc32)no1. The molecule has 1 N–H and O–H groups in total. The van der Waals surface area contributed by atoms with Crippen LogP contribution in [-0.2, 0) is 6.42 Å². The van der Waals surface area contributed by atoms with Gasteiger partial charge in [0.1, 0.15) is 5.75 Å². The highest BCUT2D eigenvalue weighted by molar-refractivity contribution is 5.40. The standard InChI is InChI=1S/C15H18N2O3/c1-10(18)6-7-14-16-15(17-20-14)12-8-9-19-13-5-3-2-4-11(12)13/h2-5,10,12,18H,6-9H2,1H3. The van der Waals surface area contributed by atoms with E-state index >= 15 is 0 Å². The van der Waals surface area contributed by atoms with Gasteiger partial charge in [-0.2, -0.15) is 4.98 Å². The van der Waals surface area contributed by atoms with E-state index in [4.69, 9.17) is 9.26 Å². The summed E-state index contributed by atoms with van der Waals surface area (Å²) in [6.07, 6.45) is 1.74. The molecule has 1 aliphatic rings. The van der Waals surface area contributed by atoms with Gasteiger partial charge in [0.15, 0.2) is 5.82 Å². The van der Waals surface area contributed by atoms with Crippen LogP contribution in [0.15, 0.2) is 28.8 Å². The first-order valence-corrected chi connectivity index (χ1v) is 6.96. The molecule has 2 unspecified atom stereocenters. The van der Waals surface area contributed by atoms with Gasteiger partial charge in [0.25, 0.3) is 0 Å². The highest BCUT2D eigenvalue weighted by Crippen LogP contribution is 2.36. The summed E-state index contributed by atoms with van der Waals surface area (Å²) in [4.78, 5) is 4.46. The number of aliphatic hydroxyl groups is 1. The van der Waals surface area contributed by atoms with Crippen LogP contribution < -0.4 is 4.74 Å². The Kier molecular flexibility index (Phi) is 3.69. The molecule has 5 heteroatoms. The Labute approximate surface area is 117 Å². The summed E-state index contributed by atoms with van der Waals surface area (Å²) in [6.45, 7) is 2.42. The van der Waals surface area contributed by atoms with Gasteiger partial charge in [0, 0.05) is 12.0 Å². The quantitative estimate of drug-likeness (QED) is 0.926. The summed E-state index contributed by atoms with van der Waals surface area (Å²) >= 11 is 0. The fraction of sp³-hybridized carbons (Fsp3) is 0.467. The second kappa shape index (κ2) is 5.63. The van der Waals surface area contributed by atoms with Crippen molar-refractivity contribution >= 4 is 0 Å². The van der Waals surface area contributed by atoms with Crippen LogP contribution in [0, 0.1) is 0 Å². The van der Waals surface area contributed by atoms with Crippen molar-refractivity contribution in [2.45, 2.75) is 38.2 Å². The number of nitrogens with zero attached hydrogens (tertiary/aromatic N) is 2. The fourth-order valence-corrected chi connectivity index (χ4v) is 2.45. The van der Waals surface area contributed by atoms with Gasteiger partial charge in [-0.15, -0.1) is 0 Å². The Morgan fingerprint density at radius 2 is 2.25 bits per heavy atom. The van der Waals surface area contributed by atoms with Gasteiger partial charge < -0.3 is 14.4 Å². The van der Waals surface area contributed by atoms with Crippen LogP contribution in [0.4, 0.5) is 0 Å². The van der Waals surface area contributed by atoms with Crippen molar-refractivity contribution in [3.63, 3.8) is 0 Å². The van der Waals surface area contributed by atoms with Crippen LogP contribution in [0.5, 0.6) is 5.75 Å². The van der Waals surface area contributed by atoms with Crippen LogP contribution in [0.2, 0.25) is 0 Å². The zero-order chi connectivity index (χ0) is 13.9. The molecule has 106 valence electrons. The summed E-state index contributed by atoms with van der Waals surface area (Å²) < 4.78 is 10.9. The third-order valence-electron chi connectivity index (χ3n) is 3.53. The molecule has 20 heavy (non-hydrogen) atoms. The zero-order valence-corrected chi connectivity index (χ0v) is 11.5. The molecule has 2 aromatic rings. The van der Waals surface area contributed by atoms with E-state index in [0.717, 1.165) is 17.7 Å². The number of ether oxygens (including phenoxy) is 1. The molecule has 5 nitrogen and oxygen atoms in total. The molecule has 0 bridgehead atoms. The number of hydrogen-bond acceptors (Lipinski definition) is 5. The number of benzene rings is 1. The Bertz CT molecular complexity index is 580. The maximum atomic E-state index is 9.29. The molecule has 1 aliphatic heterocycles. The van der Waals surface area contributed by atoms with E-state index in [2.05, 4.69) is 10.1 Å². The van der Waals surface area contributed by atoms with Crippen molar-refractivity contribution in [1.82, 2.24) is 10.1 Å². The minimum atomic E-state index is -0.353. The Balaban J connectivity index is 1.80. The number of para-hydroxylation sites is 1. The molecule has 1 aromatic carbocycles. The zero-order valence-electron chi connectivity index (χ0n) is 11.5. The summed E-state index contributed by atoms with van der Waals surface area (Å²) in [5.41, 5.74) is 1.11. The second-order valence-electron chi connectivity index (χ2n) is 5.16. The molecule has 0 fully saturated rings. The van der Waals surface area contributed by atoms with Crippen molar-refractivity contribution < 1.29 is 14.4 Å². The lowest BCUT2D eigenvalue weighted by atomic mass is 9.92. The summed E-state index contributed by atoms with van der Waals surface area (Å²) in [5.74, 6) is 2.33. The van der Waals surface area contributed by atoms with Crippen LogP contribution in [-0.4, -0.2) is 28.0 Å². The number of fused-ring (bicyclic) bond motifs is 1. The summed E-state index contributed by atoms with van der Waals surface area (Å²) in [7, 11) is 0. The van der Waals surface area contributed by atoms with Gasteiger partial charge in [-0.1, -0.05) is 23.4 Å². The molecule has 0 spiro atoms. The van der Waals surface area contributed by atoms with E-state index in [1.165, 1.54) is 0 Å². The largest absolute Gasteiger partial charge is 0.493 e. The lowest BCUT2D eigenvalue weighted by Gasteiger charge is -2.23. The van der Waals surface area contributed by atoms with E-state index in [1.54, 1.807) is 6.92 Å². The highest BCUT2D eigenvalue weighted by atomic mass is 16.5. The third-order valence-corrected chi connectivity index (χ3v) is 3.53. The van der Waals surface area contributed by atoms with Gasteiger partial charge in [0.2, 0.25) is 5.89 Å². The van der Waals surface area contributed by atoms with Gasteiger partial charge >= 0.3 is 0 Å². The first-order chi connectivity index (χ1) is 9.74. The molecular formula is C15H18N2O3. The highest BCUT2D eigenvalue weighted by Gasteiger charge is 2.26. The number of aliphatic hydroxyl groups excluding tert-OH is 1. The van der Waals surface area contributed by atoms with E-state index in [0.29, 0.717) is 31.2 Å². The van der Waals surface area contributed by atoms with Gasteiger partial charge in [-0.3, -0.25) is 0 Å². The average Bonchev–Trinajstić information content (AvgIpc) is 2.93. The minimum absolute atomic E-state index is 0.129. The van der Waals surface area contributed by atoms with Crippen LogP contribution in [0.3, 0.4) is 0 Å². The maximum Gasteiger partial charge on any atom is 0.226 e. The van der Waals surface area contributed by atoms with Gasteiger partial charge in [-0.25, -0.2) is 0 Å². The lowest BCUT2D eigenvalue weighted by Crippen LogP contribution is -2.16. The van der Waals surface area contributed by atoms with Crippen molar-refractivity contribution in [1.29, 1.82) is 0 Å². The van der Waals surface area contributed by atoms with Gasteiger partial charge in [-0.05, 0) is 25.8 Å². The minimum Gasteiger partial charge on any atom is -0.493 e. The molecule has 0 saturated heterocycles. The first kappa shape index (κ1) is 13.1. The molecule has 0 radical (unpaired) electrons. The molecule has 1 aromatic heterocycles. The molecule has 2 heterocycles. The van der Waals surface area contributed by atoms with E-state index < -0.39 is 0 Å². The van der Waals surface area contributed by atoms with Crippen molar-refractivity contribution in [2.24, 2.45) is 0 Å². The molecular weight excluding hydrogens is 256 g/mol. The molecule has 0 aliphatic carbocycles. The monoisotopic (exact) mass is 274 g/mol. The Hall–Kier alpha value is -1.88. The second-order valence-corrected chi connectivity index (χ2v) is 5.16. The Morgan fingerprint density at radius 1 is 1.40 bits per heavy atom. The predicted molar refractivity (Wildman–Crippen MR) is 72.7 cm³/mol. The molecule has 2 atom stereocenters. The van der Waals surface area contributed by atoms with Crippen LogP contribution >= 0.6 is 0 Å². The van der Waals surface area contributed by atoms with E-state index in [1.807, 2.05) is 24.3 Å². The number of aryl methyl sites for hydroxylation is 1. The van der Waals surface area contributed by atoms with Crippen molar-refractivity contribution in [2.75, 3.05) is 6.61 Å². The number of rotatable bonds is 4. The predicted octanol–water partition coefficient (Wildman–Crippen LogP) is 2.30. The number of aromatic nitrogens is 2. The van der Waals surface area contributed by atoms with E-state index in [9.17, 15) is 5.11 Å². The average molecular weight is 274 g/mol. The smallest absolute Gasteiger partial charge is 0.226 e. The molecule has 0 saturated carbocycles. The summed E-state index contributed by atoms with van der Waals surface area (Å²) in [5, 5.41) is 13.4.